The van der Waals surface area contributed by atoms with Gasteiger partial charge in [0.25, 0.3) is 0 Å². The summed E-state index contributed by atoms with van der Waals surface area (Å²) in [6.07, 6.45) is 12.7. The molecule has 3 unspecified atom stereocenters. The monoisotopic (exact) mass is 550 g/mol. The molecular formula is C30H58O3Si3. The number of hydrogen-bond donors (Lipinski definition) is 0. The fourth-order valence-electron chi connectivity index (χ4n) is 9.34. The summed E-state index contributed by atoms with van der Waals surface area (Å²) in [5.74, 6) is 2.86. The summed E-state index contributed by atoms with van der Waals surface area (Å²) in [5.41, 5.74) is 2.30. The molecular weight excluding hydrogens is 493 g/mol. The fraction of sp³-hybridized carbons (Fsp3) is 0.933. The molecule has 0 N–H and O–H groups in total. The molecule has 0 aromatic carbocycles. The summed E-state index contributed by atoms with van der Waals surface area (Å²) in [6, 6.07) is 0. The third kappa shape index (κ3) is 5.89. The van der Waals surface area contributed by atoms with Crippen LogP contribution in [0.3, 0.4) is 0 Å². The molecule has 0 aromatic rings. The molecule has 6 heteroatoms. The molecule has 4 aliphatic rings. The van der Waals surface area contributed by atoms with Gasteiger partial charge in [-0.2, -0.15) is 0 Å². The van der Waals surface area contributed by atoms with Crippen molar-refractivity contribution in [2.24, 2.45) is 34.5 Å². The predicted molar refractivity (Wildman–Crippen MR) is 161 cm³/mol. The Kier molecular flexibility index (Phi) is 7.90. The normalized spacial score (nSPS) is 42.3. The van der Waals surface area contributed by atoms with Gasteiger partial charge < -0.3 is 13.3 Å². The van der Waals surface area contributed by atoms with E-state index in [0.29, 0.717) is 35.6 Å². The Morgan fingerprint density at radius 3 is 2.08 bits per heavy atom. The number of hydrogen-bond acceptors (Lipinski definition) is 3. The standard InChI is InChI=1S/C30H58O3Si3/c1-21(31-34(4,5)6)25-15-16-26-24-14-13-22-19-23(32-35(7,8)9)17-18-29(22,2)28(24)27(20-30(25,26)3)33-36(10,11)12/h13,21,23-28H,14-20H2,1-12H3/t21-,23-,24?,25+,26?,27-,28?,29-,30+/m0/s1. The van der Waals surface area contributed by atoms with E-state index in [2.05, 4.69) is 85.8 Å². The van der Waals surface area contributed by atoms with Crippen LogP contribution in [0.1, 0.15) is 65.7 Å². The summed E-state index contributed by atoms with van der Waals surface area (Å²) in [5, 5.41) is 0. The van der Waals surface area contributed by atoms with Crippen LogP contribution < -0.4 is 0 Å². The molecule has 0 saturated heterocycles. The molecule has 3 nitrogen and oxygen atoms in total. The Labute approximate surface area is 226 Å². The van der Waals surface area contributed by atoms with Crippen LogP contribution in [0.25, 0.3) is 0 Å². The molecule has 0 heterocycles. The zero-order valence-electron chi connectivity index (χ0n) is 25.8. The van der Waals surface area contributed by atoms with Gasteiger partial charge in [0.05, 0.1) is 0 Å². The number of rotatable bonds is 7. The maximum absolute atomic E-state index is 7.23. The lowest BCUT2D eigenvalue weighted by molar-refractivity contribution is -0.126. The average molecular weight is 551 g/mol. The molecule has 3 saturated carbocycles. The third-order valence-electron chi connectivity index (χ3n) is 10.2. The van der Waals surface area contributed by atoms with Crippen molar-refractivity contribution >= 4 is 25.0 Å². The van der Waals surface area contributed by atoms with Gasteiger partial charge in [0, 0.05) is 18.3 Å². The summed E-state index contributed by atoms with van der Waals surface area (Å²) in [7, 11) is -4.78. The molecule has 3 fully saturated rings. The summed E-state index contributed by atoms with van der Waals surface area (Å²) < 4.78 is 20.6. The molecule has 0 aliphatic heterocycles. The van der Waals surface area contributed by atoms with E-state index in [1.807, 2.05) is 0 Å². The van der Waals surface area contributed by atoms with E-state index in [4.69, 9.17) is 13.3 Å². The second kappa shape index (κ2) is 9.72. The first kappa shape index (κ1) is 29.3. The first-order chi connectivity index (χ1) is 16.3. The summed E-state index contributed by atoms with van der Waals surface area (Å²) >= 11 is 0. The highest BCUT2D eigenvalue weighted by Crippen LogP contribution is 2.67. The van der Waals surface area contributed by atoms with Crippen LogP contribution >= 0.6 is 0 Å². The fourth-order valence-corrected chi connectivity index (χ4v) is 13.0. The van der Waals surface area contributed by atoms with Crippen molar-refractivity contribution < 1.29 is 13.3 Å². The minimum Gasteiger partial charge on any atom is -0.415 e. The van der Waals surface area contributed by atoms with E-state index >= 15 is 0 Å². The van der Waals surface area contributed by atoms with E-state index in [1.54, 1.807) is 5.57 Å². The quantitative estimate of drug-likeness (QED) is 0.234. The summed E-state index contributed by atoms with van der Waals surface area (Å²) in [4.78, 5) is 0. The van der Waals surface area contributed by atoms with Gasteiger partial charge >= 0.3 is 0 Å². The van der Waals surface area contributed by atoms with E-state index in [1.165, 1.54) is 38.5 Å². The number of fused-ring (bicyclic) bond motifs is 5. The highest BCUT2D eigenvalue weighted by molar-refractivity contribution is 6.70. The largest absolute Gasteiger partial charge is 0.415 e. The van der Waals surface area contributed by atoms with Crippen LogP contribution in [0, 0.1) is 34.5 Å². The van der Waals surface area contributed by atoms with Crippen molar-refractivity contribution in [3.05, 3.63) is 11.6 Å². The zero-order valence-corrected chi connectivity index (χ0v) is 28.8. The Balaban J connectivity index is 1.66. The third-order valence-corrected chi connectivity index (χ3v) is 13.3. The zero-order chi connectivity index (χ0) is 26.9. The Bertz CT molecular complexity index is 838. The van der Waals surface area contributed by atoms with Crippen LogP contribution in [0.2, 0.25) is 58.9 Å². The lowest BCUT2D eigenvalue weighted by atomic mass is 9.46. The van der Waals surface area contributed by atoms with Gasteiger partial charge in [-0.1, -0.05) is 25.5 Å². The van der Waals surface area contributed by atoms with Crippen molar-refractivity contribution in [1.29, 1.82) is 0 Å². The minimum atomic E-state index is -1.68. The molecule has 0 aromatic heterocycles. The van der Waals surface area contributed by atoms with Crippen LogP contribution in [-0.2, 0) is 13.3 Å². The second-order valence-electron chi connectivity index (χ2n) is 16.4. The molecule has 4 rings (SSSR count). The maximum Gasteiger partial charge on any atom is 0.184 e. The van der Waals surface area contributed by atoms with Gasteiger partial charge in [-0.15, -0.1) is 0 Å². The summed E-state index contributed by atoms with van der Waals surface area (Å²) in [6.45, 7) is 28.9. The van der Waals surface area contributed by atoms with Crippen LogP contribution in [0.4, 0.5) is 0 Å². The van der Waals surface area contributed by atoms with E-state index in [0.717, 1.165) is 18.3 Å². The van der Waals surface area contributed by atoms with Gasteiger partial charge in [-0.05, 0) is 145 Å². The first-order valence-electron chi connectivity index (χ1n) is 15.1. The van der Waals surface area contributed by atoms with Crippen LogP contribution in [0.15, 0.2) is 11.6 Å². The smallest absolute Gasteiger partial charge is 0.184 e. The molecule has 9 atom stereocenters. The van der Waals surface area contributed by atoms with E-state index < -0.39 is 25.0 Å². The first-order valence-corrected chi connectivity index (χ1v) is 25.3. The van der Waals surface area contributed by atoms with Crippen LogP contribution in [-0.4, -0.2) is 43.3 Å². The molecule has 0 spiro atoms. The van der Waals surface area contributed by atoms with Crippen molar-refractivity contribution in [2.45, 2.75) is 143 Å². The van der Waals surface area contributed by atoms with Gasteiger partial charge in [0.1, 0.15) is 0 Å². The van der Waals surface area contributed by atoms with Crippen molar-refractivity contribution in [3.63, 3.8) is 0 Å². The average Bonchev–Trinajstić information content (AvgIpc) is 3.01. The molecule has 0 bridgehead atoms. The van der Waals surface area contributed by atoms with E-state index in [9.17, 15) is 0 Å². The lowest BCUT2D eigenvalue weighted by Crippen LogP contribution is -2.59. The molecule has 208 valence electrons. The second-order valence-corrected chi connectivity index (χ2v) is 29.8. The Hall–Kier alpha value is 0.271. The highest BCUT2D eigenvalue weighted by Gasteiger charge is 2.63. The number of allylic oxidation sites excluding steroid dienone is 1. The molecule has 36 heavy (non-hydrogen) atoms. The van der Waals surface area contributed by atoms with Crippen molar-refractivity contribution in [1.82, 2.24) is 0 Å². The van der Waals surface area contributed by atoms with Crippen molar-refractivity contribution in [3.8, 4) is 0 Å². The van der Waals surface area contributed by atoms with Gasteiger partial charge in [-0.25, -0.2) is 0 Å². The topological polar surface area (TPSA) is 27.7 Å². The Morgan fingerprint density at radius 1 is 0.861 bits per heavy atom. The van der Waals surface area contributed by atoms with E-state index in [-0.39, 0.29) is 5.41 Å². The SMILES string of the molecule is C[C@H](O[Si](C)(C)C)[C@H]1CCC2C3CC=C4C[C@@H](O[Si](C)(C)C)CC[C@]4(C)C3[C@@H](O[Si](C)(C)C)C[C@@]21C. The maximum atomic E-state index is 7.23. The highest BCUT2D eigenvalue weighted by atomic mass is 28.4. The molecule has 4 aliphatic carbocycles. The molecule has 0 amide bonds. The Morgan fingerprint density at radius 2 is 1.50 bits per heavy atom. The van der Waals surface area contributed by atoms with Crippen LogP contribution in [0.5, 0.6) is 0 Å². The van der Waals surface area contributed by atoms with Gasteiger partial charge in [0.2, 0.25) is 0 Å². The van der Waals surface area contributed by atoms with Gasteiger partial charge in [-0.3, -0.25) is 0 Å². The molecule has 0 radical (unpaired) electrons. The lowest BCUT2D eigenvalue weighted by Gasteiger charge is -2.62. The van der Waals surface area contributed by atoms with Gasteiger partial charge in [0.15, 0.2) is 25.0 Å². The minimum absolute atomic E-state index is 0.270. The predicted octanol–water partition coefficient (Wildman–Crippen LogP) is 8.86. The van der Waals surface area contributed by atoms with Crippen molar-refractivity contribution in [2.75, 3.05) is 0 Å².